The van der Waals surface area contributed by atoms with E-state index in [9.17, 15) is 14.9 Å². The molecule has 162 valence electrons. The Hall–Kier alpha value is -3.10. The number of nitro benzene ring substituents is 1. The lowest BCUT2D eigenvalue weighted by Crippen LogP contribution is -2.32. The molecule has 0 radical (unpaired) electrons. The molecular formula is C23H26N4O3S. The van der Waals surface area contributed by atoms with Gasteiger partial charge in [0, 0.05) is 24.8 Å². The maximum Gasteiger partial charge on any atom is 0.270 e. The van der Waals surface area contributed by atoms with Gasteiger partial charge in [0.2, 0.25) is 0 Å². The van der Waals surface area contributed by atoms with Crippen LogP contribution in [0.15, 0.2) is 42.5 Å². The smallest absolute Gasteiger partial charge is 0.270 e. The van der Waals surface area contributed by atoms with Gasteiger partial charge in [-0.05, 0) is 69.7 Å². The van der Waals surface area contributed by atoms with E-state index in [1.165, 1.54) is 29.5 Å². The summed E-state index contributed by atoms with van der Waals surface area (Å²) < 4.78 is 1.08. The van der Waals surface area contributed by atoms with Gasteiger partial charge in [0.05, 0.1) is 15.1 Å². The SMILES string of the molecule is Cc1cc(C)c2sc(N(CCCN(C)C)C(=O)C=Cc3cccc([N+](=O)[O-])c3)nc2c1. The number of nitro groups is 1. The van der Waals surface area contributed by atoms with Gasteiger partial charge in [0.25, 0.3) is 11.6 Å². The van der Waals surface area contributed by atoms with Crippen LogP contribution in [0.2, 0.25) is 0 Å². The minimum Gasteiger partial charge on any atom is -0.309 e. The van der Waals surface area contributed by atoms with Crippen molar-refractivity contribution in [2.45, 2.75) is 20.3 Å². The molecule has 2 aromatic carbocycles. The van der Waals surface area contributed by atoms with E-state index in [1.807, 2.05) is 27.1 Å². The number of aryl methyl sites for hydroxylation is 2. The largest absolute Gasteiger partial charge is 0.309 e. The Labute approximate surface area is 185 Å². The van der Waals surface area contributed by atoms with Crippen molar-refractivity contribution < 1.29 is 9.72 Å². The molecule has 0 saturated carbocycles. The molecule has 8 heteroatoms. The first kappa shape index (κ1) is 22.6. The van der Waals surface area contributed by atoms with Crippen LogP contribution in [0, 0.1) is 24.0 Å². The lowest BCUT2D eigenvalue weighted by molar-refractivity contribution is -0.384. The molecule has 7 nitrogen and oxygen atoms in total. The zero-order valence-electron chi connectivity index (χ0n) is 18.2. The lowest BCUT2D eigenvalue weighted by atomic mass is 10.1. The van der Waals surface area contributed by atoms with Gasteiger partial charge in [0.15, 0.2) is 5.13 Å². The highest BCUT2D eigenvalue weighted by molar-refractivity contribution is 7.22. The third-order valence-corrected chi connectivity index (χ3v) is 6.02. The summed E-state index contributed by atoms with van der Waals surface area (Å²) in [5.74, 6) is -0.196. The van der Waals surface area contributed by atoms with Crippen LogP contribution in [0.5, 0.6) is 0 Å². The van der Waals surface area contributed by atoms with E-state index in [2.05, 4.69) is 17.9 Å². The van der Waals surface area contributed by atoms with E-state index in [1.54, 1.807) is 23.1 Å². The molecule has 0 aliphatic heterocycles. The van der Waals surface area contributed by atoms with Crippen molar-refractivity contribution in [3.8, 4) is 0 Å². The number of amides is 1. The molecule has 0 aliphatic rings. The molecule has 0 saturated heterocycles. The minimum absolute atomic E-state index is 0.00513. The Morgan fingerprint density at radius 3 is 2.68 bits per heavy atom. The van der Waals surface area contributed by atoms with Gasteiger partial charge >= 0.3 is 0 Å². The van der Waals surface area contributed by atoms with Crippen LogP contribution in [0.3, 0.4) is 0 Å². The van der Waals surface area contributed by atoms with Crippen molar-refractivity contribution in [1.82, 2.24) is 9.88 Å². The molecule has 0 atom stereocenters. The first-order chi connectivity index (χ1) is 14.7. The monoisotopic (exact) mass is 438 g/mol. The number of fused-ring (bicyclic) bond motifs is 1. The van der Waals surface area contributed by atoms with Crippen LogP contribution < -0.4 is 4.90 Å². The van der Waals surface area contributed by atoms with Gasteiger partial charge in [-0.3, -0.25) is 19.8 Å². The van der Waals surface area contributed by atoms with Gasteiger partial charge in [-0.2, -0.15) is 0 Å². The number of rotatable bonds is 8. The minimum atomic E-state index is -0.446. The first-order valence-corrected chi connectivity index (χ1v) is 10.8. The molecule has 0 aliphatic carbocycles. The van der Waals surface area contributed by atoms with Gasteiger partial charge in [-0.1, -0.05) is 29.5 Å². The summed E-state index contributed by atoms with van der Waals surface area (Å²) in [5, 5.41) is 11.7. The van der Waals surface area contributed by atoms with Crippen LogP contribution >= 0.6 is 11.3 Å². The number of non-ortho nitro benzene ring substituents is 1. The number of anilines is 1. The van der Waals surface area contributed by atoms with E-state index in [4.69, 9.17) is 4.98 Å². The van der Waals surface area contributed by atoms with E-state index >= 15 is 0 Å². The van der Waals surface area contributed by atoms with Crippen molar-refractivity contribution in [3.05, 3.63) is 69.3 Å². The molecule has 1 heterocycles. The number of carbonyl (C=O) groups is 1. The van der Waals surface area contributed by atoms with E-state index in [0.29, 0.717) is 17.2 Å². The number of nitrogens with zero attached hydrogens (tertiary/aromatic N) is 4. The summed E-state index contributed by atoms with van der Waals surface area (Å²) in [6.07, 6.45) is 3.87. The van der Waals surface area contributed by atoms with Gasteiger partial charge < -0.3 is 4.90 Å². The highest BCUT2D eigenvalue weighted by Crippen LogP contribution is 2.32. The highest BCUT2D eigenvalue weighted by atomic mass is 32.1. The topological polar surface area (TPSA) is 79.6 Å². The van der Waals surface area contributed by atoms with Crippen molar-refractivity contribution in [2.24, 2.45) is 0 Å². The van der Waals surface area contributed by atoms with Gasteiger partial charge in [0.1, 0.15) is 0 Å². The van der Waals surface area contributed by atoms with Crippen LogP contribution in [0.4, 0.5) is 10.8 Å². The Morgan fingerprint density at radius 2 is 1.97 bits per heavy atom. The van der Waals surface area contributed by atoms with E-state index in [-0.39, 0.29) is 11.6 Å². The predicted octanol–water partition coefficient (Wildman–Crippen LogP) is 4.82. The van der Waals surface area contributed by atoms with Crippen molar-refractivity contribution in [1.29, 1.82) is 0 Å². The molecule has 0 spiro atoms. The van der Waals surface area contributed by atoms with Crippen LogP contribution in [-0.4, -0.2) is 47.9 Å². The van der Waals surface area contributed by atoms with Crippen molar-refractivity contribution in [2.75, 3.05) is 32.1 Å². The number of hydrogen-bond donors (Lipinski definition) is 0. The quantitative estimate of drug-likeness (QED) is 0.286. The van der Waals surface area contributed by atoms with Gasteiger partial charge in [-0.15, -0.1) is 0 Å². The fraction of sp³-hybridized carbons (Fsp3) is 0.304. The lowest BCUT2D eigenvalue weighted by Gasteiger charge is -2.19. The fourth-order valence-corrected chi connectivity index (χ4v) is 4.37. The maximum absolute atomic E-state index is 13.1. The van der Waals surface area contributed by atoms with E-state index in [0.717, 1.165) is 34.3 Å². The van der Waals surface area contributed by atoms with Crippen molar-refractivity contribution >= 4 is 44.4 Å². The molecular weight excluding hydrogens is 412 g/mol. The summed E-state index contributed by atoms with van der Waals surface area (Å²) in [6, 6.07) is 10.4. The molecule has 1 aromatic heterocycles. The van der Waals surface area contributed by atoms with Crippen LogP contribution in [0.25, 0.3) is 16.3 Å². The fourth-order valence-electron chi connectivity index (χ4n) is 3.33. The number of thiazole rings is 1. The Morgan fingerprint density at radius 1 is 1.19 bits per heavy atom. The van der Waals surface area contributed by atoms with Crippen LogP contribution in [-0.2, 0) is 4.79 Å². The number of hydrogen-bond acceptors (Lipinski definition) is 6. The normalized spacial score (nSPS) is 11.5. The second kappa shape index (κ2) is 9.80. The molecule has 31 heavy (non-hydrogen) atoms. The number of benzene rings is 2. The maximum atomic E-state index is 13.1. The first-order valence-electron chi connectivity index (χ1n) is 10.0. The summed E-state index contributed by atoms with van der Waals surface area (Å²) >= 11 is 1.51. The zero-order valence-corrected chi connectivity index (χ0v) is 19.0. The van der Waals surface area contributed by atoms with Gasteiger partial charge in [-0.25, -0.2) is 4.98 Å². The number of carbonyl (C=O) groups excluding carboxylic acids is 1. The molecule has 0 N–H and O–H groups in total. The summed E-state index contributed by atoms with van der Waals surface area (Å²) in [5.41, 5.74) is 3.77. The second-order valence-corrected chi connectivity index (χ2v) is 8.74. The molecule has 0 fully saturated rings. The summed E-state index contributed by atoms with van der Waals surface area (Å²) in [4.78, 5) is 32.1. The molecule has 1 amide bonds. The zero-order chi connectivity index (χ0) is 22.5. The average Bonchev–Trinajstić information content (AvgIpc) is 3.13. The Kier molecular flexibility index (Phi) is 7.14. The predicted molar refractivity (Wildman–Crippen MR) is 127 cm³/mol. The average molecular weight is 439 g/mol. The molecule has 3 aromatic rings. The van der Waals surface area contributed by atoms with Crippen molar-refractivity contribution in [3.63, 3.8) is 0 Å². The highest BCUT2D eigenvalue weighted by Gasteiger charge is 2.19. The molecule has 0 unspecified atom stereocenters. The third-order valence-electron chi connectivity index (χ3n) is 4.79. The van der Waals surface area contributed by atoms with Crippen LogP contribution in [0.1, 0.15) is 23.1 Å². The molecule has 0 bridgehead atoms. The Balaban J connectivity index is 1.89. The number of aromatic nitrogens is 1. The summed E-state index contributed by atoms with van der Waals surface area (Å²) in [7, 11) is 4.00. The molecule has 3 rings (SSSR count). The standard InChI is InChI=1S/C23H26N4O3S/c1-16-13-17(2)22-20(14-16)24-23(31-22)26(12-6-11-25(3)4)21(28)10-9-18-7-5-8-19(15-18)27(29)30/h5,7-10,13-15H,6,11-12H2,1-4H3. The summed E-state index contributed by atoms with van der Waals surface area (Å²) in [6.45, 7) is 5.47. The third kappa shape index (κ3) is 5.74. The van der Waals surface area contributed by atoms with E-state index < -0.39 is 4.92 Å². The Bertz CT molecular complexity index is 1140. The second-order valence-electron chi connectivity index (χ2n) is 7.76.